The molecule has 3 aromatic carbocycles. The Hall–Kier alpha value is -3.49. The van der Waals surface area contributed by atoms with Crippen molar-refractivity contribution in [2.24, 2.45) is 0 Å². The zero-order valence-electron chi connectivity index (χ0n) is 18.3. The summed E-state index contributed by atoms with van der Waals surface area (Å²) in [6, 6.07) is 19.9. The van der Waals surface area contributed by atoms with Crippen molar-refractivity contribution in [1.29, 1.82) is 0 Å². The van der Waals surface area contributed by atoms with Gasteiger partial charge in [0.25, 0.3) is 0 Å². The van der Waals surface area contributed by atoms with Crippen LogP contribution in [0.25, 0.3) is 28.3 Å². The van der Waals surface area contributed by atoms with Gasteiger partial charge in [-0.15, -0.1) is 0 Å². The Morgan fingerprint density at radius 3 is 2.74 bits per heavy atom. The standard InChI is InChI=1S/C26H19BrClFN4O2/c27-18-7-10-20(29)17(13-18)14-30-24(34)12-11-23-25(16-5-8-19(28)9-6-16)32-26(35-23)33-15-31-21-3-1-2-4-22(21)33/h1-10,13,15H,11-12,14H2,(H,30,34). The maximum atomic E-state index is 14.0. The van der Waals surface area contributed by atoms with Crippen molar-refractivity contribution in [3.63, 3.8) is 0 Å². The van der Waals surface area contributed by atoms with Crippen molar-refractivity contribution < 1.29 is 13.6 Å². The monoisotopic (exact) mass is 552 g/mol. The fraction of sp³-hybridized carbons (Fsp3) is 0.115. The number of para-hydroxylation sites is 2. The minimum atomic E-state index is -0.369. The summed E-state index contributed by atoms with van der Waals surface area (Å²) in [7, 11) is 0. The van der Waals surface area contributed by atoms with Gasteiger partial charge in [-0.1, -0.05) is 51.8 Å². The van der Waals surface area contributed by atoms with Crippen LogP contribution in [0.2, 0.25) is 5.02 Å². The number of carbonyl (C=O) groups is 1. The van der Waals surface area contributed by atoms with Crippen LogP contribution in [0, 0.1) is 5.82 Å². The number of fused-ring (bicyclic) bond motifs is 1. The summed E-state index contributed by atoms with van der Waals surface area (Å²) in [6.07, 6.45) is 2.12. The zero-order valence-corrected chi connectivity index (χ0v) is 20.7. The van der Waals surface area contributed by atoms with E-state index >= 15 is 0 Å². The third kappa shape index (κ3) is 5.13. The van der Waals surface area contributed by atoms with Crippen LogP contribution in [0.4, 0.5) is 4.39 Å². The summed E-state index contributed by atoms with van der Waals surface area (Å²) < 4.78 is 22.6. The number of halogens is 3. The van der Waals surface area contributed by atoms with E-state index in [0.717, 1.165) is 21.1 Å². The van der Waals surface area contributed by atoms with Gasteiger partial charge in [-0.3, -0.25) is 9.36 Å². The van der Waals surface area contributed by atoms with Crippen LogP contribution in [-0.4, -0.2) is 20.4 Å². The Labute approximate surface area is 213 Å². The van der Waals surface area contributed by atoms with Gasteiger partial charge in [0.2, 0.25) is 5.91 Å². The van der Waals surface area contributed by atoms with E-state index in [2.05, 4.69) is 26.2 Å². The molecule has 0 aliphatic heterocycles. The van der Waals surface area contributed by atoms with E-state index in [4.69, 9.17) is 21.0 Å². The van der Waals surface area contributed by atoms with Crippen LogP contribution >= 0.6 is 27.5 Å². The van der Waals surface area contributed by atoms with E-state index in [0.29, 0.717) is 34.5 Å². The lowest BCUT2D eigenvalue weighted by molar-refractivity contribution is -0.121. The molecule has 1 amide bonds. The SMILES string of the molecule is O=C(CCc1oc(-n2cnc3ccccc32)nc1-c1ccc(Cl)cc1)NCc1cc(Br)ccc1F. The van der Waals surface area contributed by atoms with Crippen LogP contribution in [0.3, 0.4) is 0 Å². The molecule has 5 rings (SSSR count). The second-order valence-corrected chi connectivity index (χ2v) is 9.24. The first-order chi connectivity index (χ1) is 17.0. The largest absolute Gasteiger partial charge is 0.427 e. The van der Waals surface area contributed by atoms with Gasteiger partial charge in [-0.05, 0) is 42.5 Å². The second kappa shape index (κ2) is 10.0. The van der Waals surface area contributed by atoms with Crippen LogP contribution in [0.5, 0.6) is 0 Å². The summed E-state index contributed by atoms with van der Waals surface area (Å²) in [6.45, 7) is 0.0941. The number of nitrogens with zero attached hydrogens (tertiary/aromatic N) is 3. The molecule has 0 aliphatic rings. The Bertz CT molecular complexity index is 1510. The van der Waals surface area contributed by atoms with Gasteiger partial charge in [-0.25, -0.2) is 9.37 Å². The summed E-state index contributed by atoms with van der Waals surface area (Å²) in [5.41, 5.74) is 3.53. The minimum absolute atomic E-state index is 0.0941. The number of rotatable bonds is 7. The Balaban J connectivity index is 1.38. The number of aromatic nitrogens is 3. The minimum Gasteiger partial charge on any atom is -0.427 e. The fourth-order valence-electron chi connectivity index (χ4n) is 3.74. The van der Waals surface area contributed by atoms with Crippen LogP contribution in [-0.2, 0) is 17.8 Å². The molecule has 6 nitrogen and oxygen atoms in total. The molecule has 2 aromatic heterocycles. The summed E-state index contributed by atoms with van der Waals surface area (Å²) >= 11 is 9.38. The van der Waals surface area contributed by atoms with Crippen molar-refractivity contribution in [3.05, 3.63) is 99.7 Å². The number of hydrogen-bond acceptors (Lipinski definition) is 4. The molecule has 0 unspecified atom stereocenters. The van der Waals surface area contributed by atoms with Crippen molar-refractivity contribution in [2.45, 2.75) is 19.4 Å². The van der Waals surface area contributed by atoms with Gasteiger partial charge in [0.15, 0.2) is 0 Å². The lowest BCUT2D eigenvalue weighted by Gasteiger charge is -2.07. The van der Waals surface area contributed by atoms with Gasteiger partial charge >= 0.3 is 6.01 Å². The van der Waals surface area contributed by atoms with E-state index in [9.17, 15) is 9.18 Å². The normalized spacial score (nSPS) is 11.2. The topological polar surface area (TPSA) is 73.0 Å². The molecule has 5 aromatic rings. The first-order valence-electron chi connectivity index (χ1n) is 10.9. The third-order valence-corrected chi connectivity index (χ3v) is 6.27. The number of hydrogen-bond donors (Lipinski definition) is 1. The van der Waals surface area contributed by atoms with Crippen molar-refractivity contribution >= 4 is 44.5 Å². The van der Waals surface area contributed by atoms with Crippen molar-refractivity contribution in [2.75, 3.05) is 0 Å². The van der Waals surface area contributed by atoms with Crippen molar-refractivity contribution in [1.82, 2.24) is 19.9 Å². The molecule has 1 N–H and O–H groups in total. The molecule has 2 heterocycles. The summed E-state index contributed by atoms with van der Waals surface area (Å²) in [5.74, 6) is -0.0349. The highest BCUT2D eigenvalue weighted by atomic mass is 79.9. The van der Waals surface area contributed by atoms with Gasteiger partial charge in [0.05, 0.1) is 11.0 Å². The molecule has 0 saturated carbocycles. The van der Waals surface area contributed by atoms with Crippen molar-refractivity contribution in [3.8, 4) is 17.3 Å². The highest BCUT2D eigenvalue weighted by Gasteiger charge is 2.19. The maximum absolute atomic E-state index is 14.0. The molecule has 0 atom stereocenters. The number of oxazole rings is 1. The lowest BCUT2D eigenvalue weighted by atomic mass is 10.1. The molecule has 0 spiro atoms. The number of carbonyl (C=O) groups excluding carboxylic acids is 1. The Kier molecular flexibility index (Phi) is 6.66. The highest BCUT2D eigenvalue weighted by Crippen LogP contribution is 2.29. The molecule has 35 heavy (non-hydrogen) atoms. The van der Waals surface area contributed by atoms with Crippen LogP contribution in [0.15, 0.2) is 81.9 Å². The molecule has 9 heteroatoms. The third-order valence-electron chi connectivity index (χ3n) is 5.53. The van der Waals surface area contributed by atoms with E-state index in [1.54, 1.807) is 35.2 Å². The number of imidazole rings is 1. The molecule has 0 fully saturated rings. The predicted octanol–water partition coefficient (Wildman–Crippen LogP) is 6.48. The molecular formula is C26H19BrClFN4O2. The number of aryl methyl sites for hydroxylation is 1. The molecule has 176 valence electrons. The first-order valence-corrected chi connectivity index (χ1v) is 12.0. The van der Waals surface area contributed by atoms with Crippen LogP contribution < -0.4 is 5.32 Å². The van der Waals surface area contributed by atoms with Gasteiger partial charge in [0.1, 0.15) is 23.6 Å². The predicted molar refractivity (Wildman–Crippen MR) is 136 cm³/mol. The van der Waals surface area contributed by atoms with E-state index in [1.807, 2.05) is 36.4 Å². The Morgan fingerprint density at radius 1 is 1.11 bits per heavy atom. The Morgan fingerprint density at radius 2 is 1.91 bits per heavy atom. The van der Waals surface area contributed by atoms with Gasteiger partial charge in [0, 0.05) is 40.0 Å². The maximum Gasteiger partial charge on any atom is 0.308 e. The van der Waals surface area contributed by atoms with E-state index in [1.165, 1.54) is 6.07 Å². The fourth-order valence-corrected chi connectivity index (χ4v) is 4.28. The first kappa shape index (κ1) is 23.3. The van der Waals surface area contributed by atoms with Gasteiger partial charge in [-0.2, -0.15) is 4.98 Å². The average molecular weight is 554 g/mol. The van der Waals surface area contributed by atoms with Gasteiger partial charge < -0.3 is 9.73 Å². The molecule has 0 radical (unpaired) electrons. The zero-order chi connectivity index (χ0) is 24.4. The molecular weight excluding hydrogens is 535 g/mol. The average Bonchev–Trinajstić information content (AvgIpc) is 3.48. The lowest BCUT2D eigenvalue weighted by Crippen LogP contribution is -2.23. The van der Waals surface area contributed by atoms with E-state index < -0.39 is 0 Å². The molecule has 0 saturated heterocycles. The highest BCUT2D eigenvalue weighted by molar-refractivity contribution is 9.10. The second-order valence-electron chi connectivity index (χ2n) is 7.89. The van der Waals surface area contributed by atoms with Crippen LogP contribution in [0.1, 0.15) is 17.7 Å². The number of amides is 1. The molecule has 0 aliphatic carbocycles. The molecule has 0 bridgehead atoms. The summed E-state index contributed by atoms with van der Waals surface area (Å²) in [5, 5.41) is 3.38. The quantitative estimate of drug-likeness (QED) is 0.250. The number of benzene rings is 3. The van der Waals surface area contributed by atoms with E-state index in [-0.39, 0.29) is 24.7 Å². The summed E-state index contributed by atoms with van der Waals surface area (Å²) in [4.78, 5) is 21.7. The smallest absolute Gasteiger partial charge is 0.308 e. The number of nitrogens with one attached hydrogen (secondary N) is 1.